The average Bonchev–Trinajstić information content (AvgIpc) is 2.87. The molecule has 0 aliphatic carbocycles. The van der Waals surface area contributed by atoms with Crippen molar-refractivity contribution in [1.82, 2.24) is 19.8 Å². The van der Waals surface area contributed by atoms with E-state index in [-0.39, 0.29) is 0 Å². The fraction of sp³-hybridized carbons (Fsp3) is 0.357. The Hall–Kier alpha value is -1.97. The predicted molar refractivity (Wildman–Crippen MR) is 71.5 cm³/mol. The number of rotatable bonds is 4. The molecule has 0 saturated carbocycles. The molecule has 3 rings (SSSR count). The van der Waals surface area contributed by atoms with Crippen LogP contribution < -0.4 is 0 Å². The van der Waals surface area contributed by atoms with E-state index in [1.165, 1.54) is 24.6 Å². The van der Waals surface area contributed by atoms with E-state index in [1.807, 2.05) is 6.07 Å². The first-order valence-electron chi connectivity index (χ1n) is 6.48. The Morgan fingerprint density at radius 1 is 1.11 bits per heavy atom. The standard InChI is InChI=1S/C14H16N4/c1-2-3-4-9-13-11-7-5-6-8-12(11)14-16-15-10-18(14)17-13/h5-8,10H,2-4,9H2,1H3. The van der Waals surface area contributed by atoms with Crippen LogP contribution in [0.25, 0.3) is 16.4 Å². The monoisotopic (exact) mass is 240 g/mol. The summed E-state index contributed by atoms with van der Waals surface area (Å²) in [5.74, 6) is 0. The summed E-state index contributed by atoms with van der Waals surface area (Å²) in [6.07, 6.45) is 6.34. The van der Waals surface area contributed by atoms with Crippen LogP contribution in [-0.4, -0.2) is 19.8 Å². The molecule has 18 heavy (non-hydrogen) atoms. The summed E-state index contributed by atoms with van der Waals surface area (Å²) in [7, 11) is 0. The summed E-state index contributed by atoms with van der Waals surface area (Å²) in [5.41, 5.74) is 1.98. The van der Waals surface area contributed by atoms with Gasteiger partial charge < -0.3 is 0 Å². The number of unbranched alkanes of at least 4 members (excludes halogenated alkanes) is 2. The van der Waals surface area contributed by atoms with Crippen LogP contribution in [0.2, 0.25) is 0 Å². The van der Waals surface area contributed by atoms with Crippen LogP contribution in [0.4, 0.5) is 0 Å². The lowest BCUT2D eigenvalue weighted by Gasteiger charge is -2.06. The van der Waals surface area contributed by atoms with Gasteiger partial charge in [-0.3, -0.25) is 0 Å². The second-order valence-electron chi connectivity index (χ2n) is 4.55. The van der Waals surface area contributed by atoms with Gasteiger partial charge in [0, 0.05) is 10.8 Å². The molecular formula is C14H16N4. The Morgan fingerprint density at radius 3 is 2.78 bits per heavy atom. The third-order valence-corrected chi connectivity index (χ3v) is 3.25. The van der Waals surface area contributed by atoms with Crippen LogP contribution in [0.3, 0.4) is 0 Å². The highest BCUT2D eigenvalue weighted by Crippen LogP contribution is 2.21. The van der Waals surface area contributed by atoms with Gasteiger partial charge in [-0.2, -0.15) is 9.61 Å². The van der Waals surface area contributed by atoms with Gasteiger partial charge in [0.25, 0.3) is 0 Å². The van der Waals surface area contributed by atoms with E-state index < -0.39 is 0 Å². The number of nitrogens with zero attached hydrogens (tertiary/aromatic N) is 4. The summed E-state index contributed by atoms with van der Waals surface area (Å²) in [5, 5.41) is 15.0. The van der Waals surface area contributed by atoms with E-state index in [2.05, 4.69) is 40.4 Å². The van der Waals surface area contributed by atoms with E-state index >= 15 is 0 Å². The van der Waals surface area contributed by atoms with Gasteiger partial charge in [-0.1, -0.05) is 44.0 Å². The largest absolute Gasteiger partial charge is 0.200 e. The molecule has 0 bridgehead atoms. The molecule has 0 fully saturated rings. The first-order chi connectivity index (χ1) is 8.90. The molecule has 3 aromatic rings. The number of aromatic nitrogens is 4. The second kappa shape index (κ2) is 4.72. The summed E-state index contributed by atoms with van der Waals surface area (Å²) in [4.78, 5) is 0. The van der Waals surface area contributed by atoms with Crippen LogP contribution >= 0.6 is 0 Å². The Labute approximate surface area is 106 Å². The SMILES string of the molecule is CCCCCc1nn2cnnc2c2ccccc12. The fourth-order valence-corrected chi connectivity index (χ4v) is 2.32. The Morgan fingerprint density at radius 2 is 1.94 bits per heavy atom. The molecule has 1 aromatic carbocycles. The second-order valence-corrected chi connectivity index (χ2v) is 4.55. The van der Waals surface area contributed by atoms with Crippen molar-refractivity contribution in [2.24, 2.45) is 0 Å². The molecule has 4 nitrogen and oxygen atoms in total. The Bertz CT molecular complexity index is 672. The minimum Gasteiger partial charge on any atom is -0.200 e. The Kier molecular flexibility index (Phi) is 2.92. The Balaban J connectivity index is 2.14. The van der Waals surface area contributed by atoms with E-state index in [1.54, 1.807) is 10.8 Å². The number of fused-ring (bicyclic) bond motifs is 3. The molecule has 0 saturated heterocycles. The summed E-state index contributed by atoms with van der Waals surface area (Å²) >= 11 is 0. The zero-order valence-electron chi connectivity index (χ0n) is 10.5. The molecule has 0 amide bonds. The number of hydrogen-bond donors (Lipinski definition) is 0. The van der Waals surface area contributed by atoms with Crippen LogP contribution in [-0.2, 0) is 6.42 Å². The summed E-state index contributed by atoms with van der Waals surface area (Å²) < 4.78 is 1.78. The van der Waals surface area contributed by atoms with Crippen LogP contribution in [0.15, 0.2) is 30.6 Å². The van der Waals surface area contributed by atoms with E-state index in [4.69, 9.17) is 0 Å². The molecule has 0 N–H and O–H groups in total. The topological polar surface area (TPSA) is 43.1 Å². The smallest absolute Gasteiger partial charge is 0.185 e. The highest BCUT2D eigenvalue weighted by molar-refractivity contribution is 5.94. The van der Waals surface area contributed by atoms with Gasteiger partial charge in [0.1, 0.15) is 6.33 Å². The van der Waals surface area contributed by atoms with E-state index in [0.29, 0.717) is 0 Å². The zero-order valence-corrected chi connectivity index (χ0v) is 10.5. The van der Waals surface area contributed by atoms with Crippen molar-refractivity contribution >= 4 is 16.4 Å². The molecule has 0 spiro atoms. The first kappa shape index (κ1) is 11.1. The quantitative estimate of drug-likeness (QED) is 0.658. The maximum Gasteiger partial charge on any atom is 0.185 e. The molecule has 0 aliphatic rings. The van der Waals surface area contributed by atoms with Crippen LogP contribution in [0, 0.1) is 0 Å². The molecule has 0 atom stereocenters. The lowest BCUT2D eigenvalue weighted by atomic mass is 10.1. The van der Waals surface area contributed by atoms with Gasteiger partial charge in [-0.15, -0.1) is 10.2 Å². The van der Waals surface area contributed by atoms with Crippen molar-refractivity contribution in [2.45, 2.75) is 32.6 Å². The van der Waals surface area contributed by atoms with Crippen LogP contribution in [0.1, 0.15) is 31.9 Å². The highest BCUT2D eigenvalue weighted by Gasteiger charge is 2.08. The van der Waals surface area contributed by atoms with Gasteiger partial charge in [-0.25, -0.2) is 0 Å². The van der Waals surface area contributed by atoms with E-state index in [9.17, 15) is 0 Å². The molecule has 0 radical (unpaired) electrons. The molecule has 2 heterocycles. The van der Waals surface area contributed by atoms with Gasteiger partial charge >= 0.3 is 0 Å². The minimum absolute atomic E-state index is 0.838. The third-order valence-electron chi connectivity index (χ3n) is 3.25. The van der Waals surface area contributed by atoms with Crippen LogP contribution in [0.5, 0.6) is 0 Å². The zero-order chi connectivity index (χ0) is 12.4. The van der Waals surface area contributed by atoms with Gasteiger partial charge in [0.05, 0.1) is 5.69 Å². The third kappa shape index (κ3) is 1.83. The lowest BCUT2D eigenvalue weighted by Crippen LogP contribution is -2.00. The van der Waals surface area contributed by atoms with Crippen molar-refractivity contribution in [3.8, 4) is 0 Å². The molecular weight excluding hydrogens is 224 g/mol. The predicted octanol–water partition coefficient (Wildman–Crippen LogP) is 3.01. The van der Waals surface area contributed by atoms with Gasteiger partial charge in [-0.05, 0) is 12.8 Å². The lowest BCUT2D eigenvalue weighted by molar-refractivity contribution is 0.698. The number of aryl methyl sites for hydroxylation is 1. The number of benzene rings is 1. The molecule has 4 heteroatoms. The first-order valence-corrected chi connectivity index (χ1v) is 6.48. The molecule has 92 valence electrons. The van der Waals surface area contributed by atoms with Crippen molar-refractivity contribution in [1.29, 1.82) is 0 Å². The summed E-state index contributed by atoms with van der Waals surface area (Å²) in [6, 6.07) is 8.30. The highest BCUT2D eigenvalue weighted by atomic mass is 15.3. The minimum atomic E-state index is 0.838. The molecule has 0 unspecified atom stereocenters. The van der Waals surface area contributed by atoms with Crippen molar-refractivity contribution in [2.75, 3.05) is 0 Å². The number of hydrogen-bond acceptors (Lipinski definition) is 3. The molecule has 0 aliphatic heterocycles. The molecule has 2 aromatic heterocycles. The fourth-order valence-electron chi connectivity index (χ4n) is 2.32. The van der Waals surface area contributed by atoms with Crippen molar-refractivity contribution in [3.05, 3.63) is 36.3 Å². The van der Waals surface area contributed by atoms with Crippen molar-refractivity contribution in [3.63, 3.8) is 0 Å². The maximum absolute atomic E-state index is 4.63. The maximum atomic E-state index is 4.63. The average molecular weight is 240 g/mol. The normalized spacial score (nSPS) is 11.4. The van der Waals surface area contributed by atoms with Crippen molar-refractivity contribution < 1.29 is 0 Å². The van der Waals surface area contributed by atoms with E-state index in [0.717, 1.165) is 23.1 Å². The summed E-state index contributed by atoms with van der Waals surface area (Å²) in [6.45, 7) is 2.22. The van der Waals surface area contributed by atoms with Gasteiger partial charge in [0.2, 0.25) is 0 Å². The van der Waals surface area contributed by atoms with Gasteiger partial charge in [0.15, 0.2) is 5.65 Å².